The molecule has 2 rings (SSSR count). The van der Waals surface area contributed by atoms with E-state index in [4.69, 9.17) is 5.73 Å². The Kier molecular flexibility index (Phi) is 2.73. The lowest BCUT2D eigenvalue weighted by molar-refractivity contribution is -0.128. The molecule has 1 aromatic heterocycles. The van der Waals surface area contributed by atoms with Gasteiger partial charge in [0.15, 0.2) is 0 Å². The van der Waals surface area contributed by atoms with E-state index in [0.717, 1.165) is 24.8 Å². The first-order valence-corrected chi connectivity index (χ1v) is 5.16. The molecule has 0 atom stereocenters. The zero-order valence-corrected chi connectivity index (χ0v) is 8.64. The van der Waals surface area contributed by atoms with E-state index in [1.165, 1.54) is 0 Å². The molecule has 2 N–H and O–H groups in total. The van der Waals surface area contributed by atoms with E-state index in [1.807, 2.05) is 0 Å². The predicted octanol–water partition coefficient (Wildman–Crippen LogP) is 2.04. The van der Waals surface area contributed by atoms with Crippen LogP contribution in [0.4, 0.5) is 19.0 Å². The highest BCUT2D eigenvalue weighted by molar-refractivity contribution is 5.43. The van der Waals surface area contributed by atoms with Gasteiger partial charge < -0.3 is 5.73 Å². The SMILES string of the molecule is Nc1nc(CC(F)(F)F)nc2c1CCCC2. The van der Waals surface area contributed by atoms with Crippen LogP contribution in [0.3, 0.4) is 0 Å². The van der Waals surface area contributed by atoms with Crippen molar-refractivity contribution in [3.05, 3.63) is 17.1 Å². The van der Waals surface area contributed by atoms with Crippen LogP contribution in [0.2, 0.25) is 0 Å². The molecule has 16 heavy (non-hydrogen) atoms. The molecule has 6 heteroatoms. The summed E-state index contributed by atoms with van der Waals surface area (Å²) < 4.78 is 36.6. The quantitative estimate of drug-likeness (QED) is 0.804. The minimum atomic E-state index is -4.28. The summed E-state index contributed by atoms with van der Waals surface area (Å²) in [5.74, 6) is -0.00500. The number of nitrogen functional groups attached to an aromatic ring is 1. The van der Waals surface area contributed by atoms with E-state index in [0.29, 0.717) is 12.1 Å². The number of nitrogens with two attached hydrogens (primary N) is 1. The van der Waals surface area contributed by atoms with Gasteiger partial charge in [0, 0.05) is 11.3 Å². The molecule has 0 amide bonds. The number of hydrogen-bond donors (Lipinski definition) is 1. The zero-order valence-electron chi connectivity index (χ0n) is 8.64. The van der Waals surface area contributed by atoms with Crippen LogP contribution in [-0.2, 0) is 19.3 Å². The average molecular weight is 231 g/mol. The second-order valence-corrected chi connectivity index (χ2v) is 3.95. The minimum Gasteiger partial charge on any atom is -0.383 e. The highest BCUT2D eigenvalue weighted by Crippen LogP contribution is 2.26. The molecule has 3 nitrogen and oxygen atoms in total. The Labute approximate surface area is 90.9 Å². The highest BCUT2D eigenvalue weighted by Gasteiger charge is 2.30. The fourth-order valence-electron chi connectivity index (χ4n) is 1.93. The normalized spacial score (nSPS) is 15.9. The monoisotopic (exact) mass is 231 g/mol. The Hall–Kier alpha value is -1.33. The summed E-state index contributed by atoms with van der Waals surface area (Å²) in [4.78, 5) is 7.67. The first kappa shape index (κ1) is 11.2. The van der Waals surface area contributed by atoms with E-state index in [-0.39, 0.29) is 11.6 Å². The van der Waals surface area contributed by atoms with E-state index in [2.05, 4.69) is 9.97 Å². The molecule has 0 radical (unpaired) electrons. The lowest BCUT2D eigenvalue weighted by Crippen LogP contribution is -2.18. The molecule has 1 aliphatic carbocycles. The molecular weight excluding hydrogens is 219 g/mol. The Morgan fingerprint density at radius 1 is 1.12 bits per heavy atom. The molecule has 0 aromatic carbocycles. The minimum absolute atomic E-state index is 0.212. The lowest BCUT2D eigenvalue weighted by Gasteiger charge is -2.17. The van der Waals surface area contributed by atoms with Gasteiger partial charge in [-0.05, 0) is 25.7 Å². The van der Waals surface area contributed by atoms with Crippen molar-refractivity contribution in [3.8, 4) is 0 Å². The Morgan fingerprint density at radius 2 is 1.81 bits per heavy atom. The number of rotatable bonds is 1. The first-order valence-electron chi connectivity index (χ1n) is 5.16. The topological polar surface area (TPSA) is 51.8 Å². The predicted molar refractivity (Wildman–Crippen MR) is 52.8 cm³/mol. The van der Waals surface area contributed by atoms with Crippen LogP contribution in [0.15, 0.2) is 0 Å². The van der Waals surface area contributed by atoms with Crippen LogP contribution >= 0.6 is 0 Å². The molecule has 0 saturated heterocycles. The third kappa shape index (κ3) is 2.43. The second kappa shape index (κ2) is 3.92. The molecule has 0 unspecified atom stereocenters. The van der Waals surface area contributed by atoms with Crippen LogP contribution in [-0.4, -0.2) is 16.1 Å². The molecule has 0 saturated carbocycles. The van der Waals surface area contributed by atoms with Gasteiger partial charge in [0.25, 0.3) is 0 Å². The average Bonchev–Trinajstić information content (AvgIpc) is 2.15. The molecule has 0 bridgehead atoms. The molecule has 88 valence electrons. The highest BCUT2D eigenvalue weighted by atomic mass is 19.4. The number of aromatic nitrogens is 2. The van der Waals surface area contributed by atoms with Gasteiger partial charge in [-0.1, -0.05) is 0 Å². The number of halogens is 3. The van der Waals surface area contributed by atoms with E-state index in [9.17, 15) is 13.2 Å². The summed E-state index contributed by atoms with van der Waals surface area (Å²) in [7, 11) is 0. The summed E-state index contributed by atoms with van der Waals surface area (Å²) >= 11 is 0. The molecule has 0 fully saturated rings. The van der Waals surface area contributed by atoms with E-state index >= 15 is 0 Å². The van der Waals surface area contributed by atoms with E-state index < -0.39 is 12.6 Å². The summed E-state index contributed by atoms with van der Waals surface area (Å²) in [5.41, 5.74) is 7.17. The van der Waals surface area contributed by atoms with Crippen molar-refractivity contribution in [3.63, 3.8) is 0 Å². The van der Waals surface area contributed by atoms with Crippen LogP contribution in [0.5, 0.6) is 0 Å². The molecule has 0 aliphatic heterocycles. The van der Waals surface area contributed by atoms with Gasteiger partial charge in [0.1, 0.15) is 18.1 Å². The van der Waals surface area contributed by atoms with Gasteiger partial charge in [0.2, 0.25) is 0 Å². The van der Waals surface area contributed by atoms with Gasteiger partial charge in [0.05, 0.1) is 0 Å². The van der Waals surface area contributed by atoms with Gasteiger partial charge in [-0.3, -0.25) is 0 Å². The van der Waals surface area contributed by atoms with Crippen molar-refractivity contribution in [2.24, 2.45) is 0 Å². The number of aryl methyl sites for hydroxylation is 1. The van der Waals surface area contributed by atoms with Gasteiger partial charge in [-0.15, -0.1) is 0 Å². The smallest absolute Gasteiger partial charge is 0.383 e. The zero-order chi connectivity index (χ0) is 11.8. The summed E-state index contributed by atoms with van der Waals surface area (Å²) in [6.45, 7) is 0. The second-order valence-electron chi connectivity index (χ2n) is 3.95. The molecule has 1 aliphatic rings. The van der Waals surface area contributed by atoms with Crippen molar-refractivity contribution in [1.82, 2.24) is 9.97 Å². The van der Waals surface area contributed by atoms with Gasteiger partial charge in [-0.2, -0.15) is 13.2 Å². The number of hydrogen-bond acceptors (Lipinski definition) is 3. The summed E-state index contributed by atoms with van der Waals surface area (Å²) in [5, 5.41) is 0. The maximum atomic E-state index is 12.2. The standard InChI is InChI=1S/C10H12F3N3/c11-10(12,13)5-8-15-7-4-2-1-3-6(7)9(14)16-8/h1-5H2,(H2,14,15,16). The number of alkyl halides is 3. The van der Waals surface area contributed by atoms with Crippen LogP contribution in [0.1, 0.15) is 29.9 Å². The fourth-order valence-corrected chi connectivity index (χ4v) is 1.93. The third-order valence-electron chi connectivity index (χ3n) is 2.62. The van der Waals surface area contributed by atoms with Crippen molar-refractivity contribution >= 4 is 5.82 Å². The lowest BCUT2D eigenvalue weighted by atomic mass is 9.96. The number of nitrogens with zero attached hydrogens (tertiary/aromatic N) is 2. The van der Waals surface area contributed by atoms with Crippen LogP contribution in [0.25, 0.3) is 0 Å². The molecular formula is C10H12F3N3. The van der Waals surface area contributed by atoms with Crippen LogP contribution < -0.4 is 5.73 Å². The maximum absolute atomic E-state index is 12.2. The van der Waals surface area contributed by atoms with Crippen molar-refractivity contribution < 1.29 is 13.2 Å². The van der Waals surface area contributed by atoms with Gasteiger partial charge >= 0.3 is 6.18 Å². The largest absolute Gasteiger partial charge is 0.396 e. The number of fused-ring (bicyclic) bond motifs is 1. The first-order chi connectivity index (χ1) is 7.46. The van der Waals surface area contributed by atoms with Crippen molar-refractivity contribution in [2.45, 2.75) is 38.3 Å². The van der Waals surface area contributed by atoms with Crippen molar-refractivity contribution in [1.29, 1.82) is 0 Å². The molecule has 0 spiro atoms. The number of anilines is 1. The summed E-state index contributed by atoms with van der Waals surface area (Å²) in [6.07, 6.45) is -1.96. The third-order valence-corrected chi connectivity index (χ3v) is 2.62. The van der Waals surface area contributed by atoms with E-state index in [1.54, 1.807) is 0 Å². The summed E-state index contributed by atoms with van der Waals surface area (Å²) in [6, 6.07) is 0. The molecule has 1 aromatic rings. The van der Waals surface area contributed by atoms with Crippen molar-refractivity contribution in [2.75, 3.05) is 5.73 Å². The molecule has 1 heterocycles. The Balaban J connectivity index is 2.32. The fraction of sp³-hybridized carbons (Fsp3) is 0.600. The van der Waals surface area contributed by atoms with Crippen LogP contribution in [0, 0.1) is 0 Å². The maximum Gasteiger partial charge on any atom is 0.396 e. The Bertz CT molecular complexity index is 401. The Morgan fingerprint density at radius 3 is 2.50 bits per heavy atom. The van der Waals surface area contributed by atoms with Gasteiger partial charge in [-0.25, -0.2) is 9.97 Å².